The summed E-state index contributed by atoms with van der Waals surface area (Å²) in [7, 11) is 2.74. The van der Waals surface area contributed by atoms with Crippen molar-refractivity contribution in [2.45, 2.75) is 43.2 Å². The fraction of sp³-hybridized carbons (Fsp3) is 0.393. The molecular formula is C28H32F5N5O6S. The average molecular weight is 662 g/mol. The van der Waals surface area contributed by atoms with Gasteiger partial charge in [-0.2, -0.15) is 23.3 Å². The highest BCUT2D eigenvalue weighted by molar-refractivity contribution is 8.15. The van der Waals surface area contributed by atoms with Crippen LogP contribution >= 0.6 is 11.8 Å². The van der Waals surface area contributed by atoms with E-state index in [9.17, 15) is 36.3 Å². The zero-order valence-corrected chi connectivity index (χ0v) is 25.1. The highest BCUT2D eigenvalue weighted by Gasteiger charge is 2.49. The molecule has 0 aliphatic carbocycles. The van der Waals surface area contributed by atoms with Gasteiger partial charge in [-0.1, -0.05) is 42.1 Å². The zero-order valence-electron chi connectivity index (χ0n) is 24.3. The lowest BCUT2D eigenvalue weighted by atomic mass is 10.0. The first kappa shape index (κ1) is 37.1. The monoisotopic (exact) mass is 661 g/mol. The van der Waals surface area contributed by atoms with Gasteiger partial charge in [0, 0.05) is 25.6 Å². The van der Waals surface area contributed by atoms with Crippen LogP contribution in [-0.2, 0) is 24.1 Å². The third kappa shape index (κ3) is 10.5. The first-order chi connectivity index (χ1) is 21.2. The number of urea groups is 1. The number of carboxylic acids is 1. The number of nitrogens with two attached hydrogens (primary N) is 1. The number of halogens is 5. The predicted octanol–water partition coefficient (Wildman–Crippen LogP) is 4.37. The Morgan fingerprint density at radius 3 is 2.33 bits per heavy atom. The molecular weight excluding hydrogens is 629 g/mol. The molecule has 0 spiro atoms. The molecule has 0 unspecified atom stereocenters. The van der Waals surface area contributed by atoms with Crippen molar-refractivity contribution in [2.24, 2.45) is 10.8 Å². The summed E-state index contributed by atoms with van der Waals surface area (Å²) in [5, 5.41) is 16.6. The van der Waals surface area contributed by atoms with Crippen LogP contribution in [0.25, 0.3) is 0 Å². The molecule has 0 aromatic heterocycles. The first-order valence-corrected chi connectivity index (χ1v) is 14.2. The van der Waals surface area contributed by atoms with Crippen LogP contribution < -0.4 is 11.1 Å². The van der Waals surface area contributed by atoms with Crippen LogP contribution in [0, 0.1) is 11.6 Å². The Morgan fingerprint density at radius 1 is 1.11 bits per heavy atom. The third-order valence-corrected chi connectivity index (χ3v) is 7.63. The van der Waals surface area contributed by atoms with Gasteiger partial charge in [-0.15, -0.1) is 0 Å². The quantitative estimate of drug-likeness (QED) is 0.131. The molecule has 1 heterocycles. The maximum absolute atomic E-state index is 14.7. The van der Waals surface area contributed by atoms with E-state index in [1.54, 1.807) is 12.1 Å². The molecule has 4 N–H and O–H groups in total. The maximum Gasteiger partial charge on any atom is 0.490 e. The number of carbonyl (C=O) groups excluding carboxylic acids is 3. The molecule has 0 saturated carbocycles. The van der Waals surface area contributed by atoms with Crippen LogP contribution in [-0.4, -0.2) is 77.3 Å². The number of ketones is 1. The standard InChI is InChI=1S/C26H31F2N5O4S.C2HF3O2/c1-32(37-2)25(36)33-26(18-8-4-3-5-9-18,13-7-15-30-23(35)17-20(34)10-6-14-29)38-24(31-33)21-16-19(27)11-12-22(21)28;3-2(4,5)1(6)7/h3-5,8-9,11-12,16H,6-7,10,13-15,17,29H2,1-2H3,(H,30,35);(H,6,7)/t26-;/m0./s1. The summed E-state index contributed by atoms with van der Waals surface area (Å²) in [6.07, 6.45) is -3.86. The van der Waals surface area contributed by atoms with Gasteiger partial charge in [0.15, 0.2) is 0 Å². The van der Waals surface area contributed by atoms with Gasteiger partial charge in [0.1, 0.15) is 27.3 Å². The number of nitrogens with one attached hydrogen (secondary N) is 1. The average Bonchev–Trinajstić information content (AvgIpc) is 3.39. The van der Waals surface area contributed by atoms with E-state index in [1.807, 2.05) is 18.2 Å². The number of alkyl halides is 3. The Kier molecular flexibility index (Phi) is 13.9. The minimum absolute atomic E-state index is 0.0741. The van der Waals surface area contributed by atoms with Gasteiger partial charge in [-0.3, -0.25) is 14.4 Å². The molecule has 45 heavy (non-hydrogen) atoms. The van der Waals surface area contributed by atoms with Gasteiger partial charge in [0.2, 0.25) is 5.91 Å². The minimum atomic E-state index is -5.08. The highest BCUT2D eigenvalue weighted by Crippen LogP contribution is 2.51. The Morgan fingerprint density at radius 2 is 1.76 bits per heavy atom. The number of carboxylic acid groups (broad SMARTS) is 1. The summed E-state index contributed by atoms with van der Waals surface area (Å²) in [5.74, 6) is -4.66. The topological polar surface area (TPSA) is 155 Å². The molecule has 11 nitrogen and oxygen atoms in total. The van der Waals surface area contributed by atoms with Crippen LogP contribution in [0.5, 0.6) is 0 Å². The number of carbonyl (C=O) groups is 4. The molecule has 0 radical (unpaired) electrons. The van der Waals surface area contributed by atoms with Crippen molar-refractivity contribution in [3.8, 4) is 0 Å². The van der Waals surface area contributed by atoms with Crippen LogP contribution in [0.4, 0.5) is 26.7 Å². The largest absolute Gasteiger partial charge is 0.490 e. The second-order valence-corrected chi connectivity index (χ2v) is 10.7. The summed E-state index contributed by atoms with van der Waals surface area (Å²) in [6.45, 7) is 0.605. The van der Waals surface area contributed by atoms with Gasteiger partial charge < -0.3 is 16.2 Å². The van der Waals surface area contributed by atoms with Crippen molar-refractivity contribution < 1.29 is 51.1 Å². The van der Waals surface area contributed by atoms with Crippen LogP contribution in [0.15, 0.2) is 53.6 Å². The molecule has 1 aliphatic heterocycles. The summed E-state index contributed by atoms with van der Waals surface area (Å²) < 4.78 is 60.5. The van der Waals surface area contributed by atoms with Crippen LogP contribution in [0.1, 0.15) is 43.2 Å². The highest BCUT2D eigenvalue weighted by atomic mass is 32.2. The molecule has 1 aliphatic rings. The zero-order chi connectivity index (χ0) is 33.8. The SMILES string of the molecule is CON(C)C(=O)N1N=C(c2cc(F)ccc2F)S[C@@]1(CCCNC(=O)CC(=O)CCCN)c1ccccc1.O=C(O)C(F)(F)F. The Balaban J connectivity index is 0.000000900. The van der Waals surface area contributed by atoms with E-state index < -0.39 is 40.6 Å². The van der Waals surface area contributed by atoms with Crippen molar-refractivity contribution in [3.63, 3.8) is 0 Å². The predicted molar refractivity (Wildman–Crippen MR) is 154 cm³/mol. The van der Waals surface area contributed by atoms with Gasteiger partial charge in [-0.05, 0) is 49.6 Å². The molecule has 2 aromatic carbocycles. The number of hydrogen-bond acceptors (Lipinski definition) is 8. The normalized spacial score (nSPS) is 15.9. The number of rotatable bonds is 12. The number of hydrogen-bond donors (Lipinski definition) is 3. The van der Waals surface area contributed by atoms with Crippen molar-refractivity contribution in [1.82, 2.24) is 15.4 Å². The molecule has 0 fully saturated rings. The maximum atomic E-state index is 14.7. The van der Waals surface area contributed by atoms with Crippen LogP contribution in [0.3, 0.4) is 0 Å². The smallest absolute Gasteiger partial charge is 0.475 e. The lowest BCUT2D eigenvalue weighted by Gasteiger charge is -2.37. The number of hydrazone groups is 1. The second-order valence-electron chi connectivity index (χ2n) is 9.42. The van der Waals surface area contributed by atoms with Gasteiger partial charge in [0.05, 0.1) is 13.5 Å². The van der Waals surface area contributed by atoms with Crippen molar-refractivity contribution in [2.75, 3.05) is 27.2 Å². The van der Waals surface area contributed by atoms with Crippen molar-refractivity contribution in [1.29, 1.82) is 0 Å². The number of hydroxylamine groups is 2. The molecule has 0 saturated heterocycles. The Hall–Kier alpha value is -4.09. The molecule has 3 amide bonds. The summed E-state index contributed by atoms with van der Waals surface area (Å²) in [5.41, 5.74) is 6.03. The molecule has 1 atom stereocenters. The van der Waals surface area contributed by atoms with Crippen molar-refractivity contribution >= 4 is 40.5 Å². The van der Waals surface area contributed by atoms with E-state index in [1.165, 1.54) is 19.2 Å². The second kappa shape index (κ2) is 16.8. The van der Waals surface area contributed by atoms with Crippen LogP contribution in [0.2, 0.25) is 0 Å². The Labute approximate surface area is 259 Å². The number of aliphatic carboxylic acids is 1. The lowest BCUT2D eigenvalue weighted by Crippen LogP contribution is -2.47. The van der Waals surface area contributed by atoms with E-state index in [4.69, 9.17) is 20.5 Å². The van der Waals surface area contributed by atoms with Gasteiger partial charge >= 0.3 is 18.2 Å². The fourth-order valence-electron chi connectivity index (χ4n) is 3.94. The van der Waals surface area contributed by atoms with E-state index in [0.717, 1.165) is 35.0 Å². The third-order valence-electron chi connectivity index (χ3n) is 6.18. The summed E-state index contributed by atoms with van der Waals surface area (Å²) in [4.78, 5) is 50.3. The van der Waals surface area contributed by atoms with E-state index >= 15 is 0 Å². The summed E-state index contributed by atoms with van der Waals surface area (Å²) >= 11 is 1.12. The van der Waals surface area contributed by atoms with Gasteiger partial charge in [0.25, 0.3) is 0 Å². The molecule has 2 aromatic rings. The van der Waals surface area contributed by atoms with Gasteiger partial charge in [-0.25, -0.2) is 23.4 Å². The molecule has 17 heteroatoms. The lowest BCUT2D eigenvalue weighted by molar-refractivity contribution is -0.192. The van der Waals surface area contributed by atoms with E-state index in [-0.39, 0.29) is 42.2 Å². The molecule has 0 bridgehead atoms. The number of benzene rings is 2. The first-order valence-electron chi connectivity index (χ1n) is 13.4. The number of thioether (sulfide) groups is 1. The number of nitrogens with zero attached hydrogens (tertiary/aromatic N) is 3. The molecule has 3 rings (SSSR count). The molecule has 246 valence electrons. The fourth-order valence-corrected chi connectivity index (χ4v) is 5.35. The summed E-state index contributed by atoms with van der Waals surface area (Å²) in [6, 6.07) is 11.5. The van der Waals surface area contributed by atoms with Crippen molar-refractivity contribution in [3.05, 3.63) is 71.3 Å². The Bertz CT molecular complexity index is 1380. The number of amides is 3. The van der Waals surface area contributed by atoms with E-state index in [0.29, 0.717) is 24.9 Å². The minimum Gasteiger partial charge on any atom is -0.475 e. The number of Topliss-reactive ketones (excluding diaryl/α,β-unsaturated/α-hetero) is 1. The van der Waals surface area contributed by atoms with E-state index in [2.05, 4.69) is 10.4 Å².